The molecule has 1 N–H and O–H groups in total. The molecule has 1 amide bonds. The Bertz CT molecular complexity index is 643. The normalized spacial score (nSPS) is 26.4. The number of carbonyl (C=O) groups is 2. The van der Waals surface area contributed by atoms with Gasteiger partial charge in [0.1, 0.15) is 12.6 Å². The third kappa shape index (κ3) is 3.46. The van der Waals surface area contributed by atoms with Gasteiger partial charge in [-0.05, 0) is 11.9 Å². The number of benzene rings is 1. The van der Waals surface area contributed by atoms with Gasteiger partial charge < -0.3 is 19.3 Å². The van der Waals surface area contributed by atoms with E-state index in [-0.39, 0.29) is 32.8 Å². The maximum Gasteiger partial charge on any atom is 0.411 e. The van der Waals surface area contributed by atoms with Crippen LogP contribution in [0.25, 0.3) is 0 Å². The van der Waals surface area contributed by atoms with Crippen LogP contribution < -0.4 is 0 Å². The summed E-state index contributed by atoms with van der Waals surface area (Å²) in [7, 11) is 0. The fourth-order valence-electron chi connectivity index (χ4n) is 2.71. The third-order valence-electron chi connectivity index (χ3n) is 3.89. The van der Waals surface area contributed by atoms with E-state index in [1.54, 1.807) is 12.1 Å². The minimum atomic E-state index is -1.63. The van der Waals surface area contributed by atoms with E-state index < -0.39 is 30.3 Å². The van der Waals surface area contributed by atoms with E-state index in [9.17, 15) is 14.7 Å². The van der Waals surface area contributed by atoms with Crippen molar-refractivity contribution < 1.29 is 31.6 Å². The number of likely N-dealkylation sites (tertiary alicyclic amines) is 1. The van der Waals surface area contributed by atoms with Gasteiger partial charge in [0.25, 0.3) is 0 Å². The fourth-order valence-corrected chi connectivity index (χ4v) is 2.71. The molecule has 0 radical (unpaired) electrons. The van der Waals surface area contributed by atoms with E-state index in [1.807, 2.05) is 18.2 Å². The first kappa shape index (κ1) is 13.3. The number of aliphatic carboxylic acids is 1. The Hall–Kier alpha value is -2.12. The Morgan fingerprint density at radius 3 is 2.70 bits per heavy atom. The van der Waals surface area contributed by atoms with Crippen LogP contribution in [0.1, 0.15) is 21.1 Å². The van der Waals surface area contributed by atoms with Gasteiger partial charge in [0.15, 0.2) is 5.79 Å². The molecule has 1 atom stereocenters. The van der Waals surface area contributed by atoms with Crippen LogP contribution in [0.4, 0.5) is 4.79 Å². The summed E-state index contributed by atoms with van der Waals surface area (Å²) in [5.41, 5.74) is 0.787. The molecule has 1 aromatic rings. The zero-order valence-electron chi connectivity index (χ0n) is 14.4. The van der Waals surface area contributed by atoms with Crippen LogP contribution >= 0.6 is 0 Å². The van der Waals surface area contributed by atoms with Crippen LogP contribution in [-0.4, -0.2) is 53.7 Å². The summed E-state index contributed by atoms with van der Waals surface area (Å²) in [6.07, 6.45) is -2.47. The number of nitrogens with zero attached hydrogens (tertiary/aromatic N) is 1. The predicted octanol–water partition coefficient (Wildman–Crippen LogP) is 1.62. The Labute approximate surface area is 136 Å². The molecule has 2 fully saturated rings. The maximum absolute atomic E-state index is 12.3. The van der Waals surface area contributed by atoms with Crippen LogP contribution in [0.2, 0.25) is 0 Å². The van der Waals surface area contributed by atoms with Crippen molar-refractivity contribution in [1.29, 1.82) is 0 Å². The molecule has 0 unspecified atom stereocenters. The summed E-state index contributed by atoms with van der Waals surface area (Å²) in [6, 6.07) is 7.91. The van der Waals surface area contributed by atoms with Gasteiger partial charge in [0, 0.05) is 9.16 Å². The number of carbonyl (C=O) groups excluding carboxylic acids is 1. The van der Waals surface area contributed by atoms with E-state index in [0.29, 0.717) is 0 Å². The number of carboxylic acid groups (broad SMARTS) is 1. The van der Waals surface area contributed by atoms with Gasteiger partial charge in [-0.1, -0.05) is 30.3 Å². The van der Waals surface area contributed by atoms with Crippen molar-refractivity contribution in [1.82, 2.24) is 4.90 Å². The fraction of sp³-hybridized carbons (Fsp3) is 0.500. The molecular formula is C16H19NO6. The average molecular weight is 323 g/mol. The molecule has 7 heteroatoms. The molecule has 3 rings (SSSR count). The standard InChI is InChI=1S/C16H19NO6/c18-14(19)13-9-16(22-7-4-8-23-16)11-17(13)15(20)21-10-12-5-2-1-3-6-12/h1-3,5-6,13H,4,7-11H2,(H,18,19)/t13-/m0/s1/i4D2. The highest BCUT2D eigenvalue weighted by molar-refractivity contribution is 5.81. The van der Waals surface area contributed by atoms with Gasteiger partial charge in [0.2, 0.25) is 0 Å². The van der Waals surface area contributed by atoms with Gasteiger partial charge >= 0.3 is 12.1 Å². The van der Waals surface area contributed by atoms with Crippen LogP contribution in [-0.2, 0) is 25.6 Å². The Kier molecular flexibility index (Phi) is 3.80. The molecular weight excluding hydrogens is 302 g/mol. The molecule has 0 aliphatic carbocycles. The largest absolute Gasteiger partial charge is 0.480 e. The topological polar surface area (TPSA) is 85.3 Å². The number of hydrogen-bond donors (Lipinski definition) is 1. The van der Waals surface area contributed by atoms with Gasteiger partial charge in [-0.2, -0.15) is 0 Å². The van der Waals surface area contributed by atoms with E-state index in [1.165, 1.54) is 0 Å². The second kappa shape index (κ2) is 6.55. The summed E-state index contributed by atoms with van der Waals surface area (Å²) in [6.45, 7) is -0.522. The van der Waals surface area contributed by atoms with Gasteiger partial charge in [-0.25, -0.2) is 9.59 Å². The lowest BCUT2D eigenvalue weighted by Crippen LogP contribution is -2.44. The molecule has 2 saturated heterocycles. The molecule has 2 heterocycles. The molecule has 0 bridgehead atoms. The van der Waals surface area contributed by atoms with Gasteiger partial charge in [0.05, 0.1) is 19.8 Å². The van der Waals surface area contributed by atoms with E-state index in [2.05, 4.69) is 0 Å². The Balaban J connectivity index is 1.66. The zero-order valence-corrected chi connectivity index (χ0v) is 12.4. The molecule has 23 heavy (non-hydrogen) atoms. The summed E-state index contributed by atoms with van der Waals surface area (Å²) in [5.74, 6) is -2.49. The first-order valence-corrected chi connectivity index (χ1v) is 7.28. The lowest BCUT2D eigenvalue weighted by atomic mass is 10.1. The van der Waals surface area contributed by atoms with Crippen LogP contribution in [0, 0.1) is 0 Å². The van der Waals surface area contributed by atoms with Crippen molar-refractivity contribution in [2.45, 2.75) is 31.2 Å². The monoisotopic (exact) mass is 323 g/mol. The maximum atomic E-state index is 12.3. The minimum Gasteiger partial charge on any atom is -0.480 e. The SMILES string of the molecule is [2H]C1([2H])COC2(C[C@@H](C(=O)O)N(C(=O)OCc3ccccc3)C2)OC1. The van der Waals surface area contributed by atoms with Crippen molar-refractivity contribution in [2.75, 3.05) is 19.8 Å². The van der Waals surface area contributed by atoms with Crippen molar-refractivity contribution >= 4 is 12.1 Å². The Morgan fingerprint density at radius 2 is 2.04 bits per heavy atom. The number of carboxylic acids is 1. The van der Waals surface area contributed by atoms with Crippen molar-refractivity contribution in [3.63, 3.8) is 0 Å². The second-order valence-electron chi connectivity index (χ2n) is 5.46. The smallest absolute Gasteiger partial charge is 0.411 e. The summed E-state index contributed by atoms with van der Waals surface area (Å²) in [4.78, 5) is 24.9. The molecule has 0 saturated carbocycles. The van der Waals surface area contributed by atoms with E-state index in [4.69, 9.17) is 17.0 Å². The number of hydrogen-bond acceptors (Lipinski definition) is 5. The van der Waals surface area contributed by atoms with Crippen molar-refractivity contribution in [3.05, 3.63) is 35.9 Å². The molecule has 7 nitrogen and oxygen atoms in total. The summed E-state index contributed by atoms with van der Waals surface area (Å²) in [5, 5.41) is 9.40. The number of ether oxygens (including phenoxy) is 3. The van der Waals surface area contributed by atoms with Crippen LogP contribution in [0.3, 0.4) is 0 Å². The molecule has 124 valence electrons. The highest BCUT2D eigenvalue weighted by Gasteiger charge is 2.52. The average Bonchev–Trinajstić information content (AvgIpc) is 2.97. The van der Waals surface area contributed by atoms with Crippen molar-refractivity contribution in [3.8, 4) is 0 Å². The number of amides is 1. The summed E-state index contributed by atoms with van der Waals surface area (Å²) < 4.78 is 31.3. The highest BCUT2D eigenvalue weighted by Crippen LogP contribution is 2.34. The van der Waals surface area contributed by atoms with Crippen LogP contribution in [0.15, 0.2) is 30.3 Å². The van der Waals surface area contributed by atoms with Gasteiger partial charge in [-0.3, -0.25) is 4.90 Å². The van der Waals surface area contributed by atoms with E-state index >= 15 is 0 Å². The lowest BCUT2D eigenvalue weighted by Gasteiger charge is -2.33. The zero-order chi connectivity index (χ0) is 18.1. The highest BCUT2D eigenvalue weighted by atomic mass is 16.7. The van der Waals surface area contributed by atoms with Gasteiger partial charge in [-0.15, -0.1) is 0 Å². The van der Waals surface area contributed by atoms with Crippen molar-refractivity contribution in [2.24, 2.45) is 0 Å². The molecule has 2 aliphatic heterocycles. The summed E-state index contributed by atoms with van der Waals surface area (Å²) >= 11 is 0. The molecule has 1 spiro atoms. The first-order valence-electron chi connectivity index (χ1n) is 8.28. The lowest BCUT2D eigenvalue weighted by molar-refractivity contribution is -0.257. The van der Waals surface area contributed by atoms with Crippen LogP contribution in [0.5, 0.6) is 0 Å². The first-order chi connectivity index (χ1) is 11.8. The third-order valence-corrected chi connectivity index (χ3v) is 3.89. The predicted molar refractivity (Wildman–Crippen MR) is 78.6 cm³/mol. The quantitative estimate of drug-likeness (QED) is 0.910. The molecule has 2 aliphatic rings. The second-order valence-corrected chi connectivity index (χ2v) is 5.46. The number of rotatable bonds is 3. The minimum absolute atomic E-state index is 0.0276. The molecule has 0 aromatic heterocycles. The Morgan fingerprint density at radius 1 is 1.35 bits per heavy atom. The van der Waals surface area contributed by atoms with E-state index in [0.717, 1.165) is 10.5 Å². The molecule has 1 aromatic carbocycles.